The number of rotatable bonds is 1. The van der Waals surface area contributed by atoms with Crippen molar-refractivity contribution in [2.24, 2.45) is 0 Å². The molecule has 2 heteroatoms. The Labute approximate surface area is 91.1 Å². The van der Waals surface area contributed by atoms with E-state index >= 15 is 0 Å². The number of hydrogen-bond donors (Lipinski definition) is 0. The molecule has 2 aliphatic rings. The summed E-state index contributed by atoms with van der Waals surface area (Å²) in [5.74, 6) is 0.744. The fourth-order valence-electron chi connectivity index (χ4n) is 2.44. The molecule has 0 bridgehead atoms. The third-order valence-corrected chi connectivity index (χ3v) is 3.58. The fourth-order valence-corrected chi connectivity index (χ4v) is 2.44. The number of hydrogen-bond acceptors (Lipinski definition) is 2. The SMILES string of the molecule is c1c(C2CC2)nnc2c1CCCCCC2. The van der Waals surface area contributed by atoms with Crippen LogP contribution in [0.1, 0.15) is 61.4 Å². The Balaban J connectivity index is 1.89. The van der Waals surface area contributed by atoms with E-state index in [9.17, 15) is 0 Å². The molecule has 0 aliphatic heterocycles. The zero-order valence-electron chi connectivity index (χ0n) is 9.21. The summed E-state index contributed by atoms with van der Waals surface area (Å²) in [6, 6.07) is 2.34. The van der Waals surface area contributed by atoms with Gasteiger partial charge >= 0.3 is 0 Å². The summed E-state index contributed by atoms with van der Waals surface area (Å²) < 4.78 is 0. The molecule has 0 amide bonds. The van der Waals surface area contributed by atoms with Crippen molar-refractivity contribution < 1.29 is 0 Å². The highest BCUT2D eigenvalue weighted by Gasteiger charge is 2.26. The summed E-state index contributed by atoms with van der Waals surface area (Å²) in [7, 11) is 0. The van der Waals surface area contributed by atoms with Gasteiger partial charge in [0.1, 0.15) is 0 Å². The predicted octanol–water partition coefficient (Wildman–Crippen LogP) is 3.01. The van der Waals surface area contributed by atoms with Crippen LogP contribution in [-0.4, -0.2) is 10.2 Å². The third-order valence-electron chi connectivity index (χ3n) is 3.58. The van der Waals surface area contributed by atoms with Crippen LogP contribution >= 0.6 is 0 Å². The summed E-state index contributed by atoms with van der Waals surface area (Å²) in [6.07, 6.45) is 10.4. The molecule has 1 fully saturated rings. The summed E-state index contributed by atoms with van der Waals surface area (Å²) in [5.41, 5.74) is 4.03. The molecule has 2 aliphatic carbocycles. The summed E-state index contributed by atoms with van der Waals surface area (Å²) >= 11 is 0. The van der Waals surface area contributed by atoms with E-state index in [0.29, 0.717) is 0 Å². The van der Waals surface area contributed by atoms with E-state index in [1.54, 1.807) is 0 Å². The van der Waals surface area contributed by atoms with Gasteiger partial charge in [0, 0.05) is 5.92 Å². The Morgan fingerprint density at radius 1 is 0.933 bits per heavy atom. The Hall–Kier alpha value is -0.920. The monoisotopic (exact) mass is 202 g/mol. The van der Waals surface area contributed by atoms with Crippen molar-refractivity contribution >= 4 is 0 Å². The standard InChI is InChI=1S/C13H18N2/c1-2-4-6-12-11(5-3-1)9-13(15-14-12)10-7-8-10/h9-10H,1-8H2. The molecule has 0 radical (unpaired) electrons. The molecule has 0 aromatic carbocycles. The second-order valence-corrected chi connectivity index (χ2v) is 4.93. The molecular formula is C13H18N2. The Bertz CT molecular complexity index is 356. The zero-order valence-corrected chi connectivity index (χ0v) is 9.21. The second kappa shape index (κ2) is 3.92. The van der Waals surface area contributed by atoms with Crippen LogP contribution < -0.4 is 0 Å². The smallest absolute Gasteiger partial charge is 0.0664 e. The molecule has 0 unspecified atom stereocenters. The van der Waals surface area contributed by atoms with Crippen LogP contribution in [0.4, 0.5) is 0 Å². The lowest BCUT2D eigenvalue weighted by Gasteiger charge is -2.12. The van der Waals surface area contributed by atoms with E-state index < -0.39 is 0 Å². The second-order valence-electron chi connectivity index (χ2n) is 4.93. The molecule has 1 heterocycles. The van der Waals surface area contributed by atoms with Gasteiger partial charge in [0.2, 0.25) is 0 Å². The fraction of sp³-hybridized carbons (Fsp3) is 0.692. The first-order valence-corrected chi connectivity index (χ1v) is 6.29. The van der Waals surface area contributed by atoms with Crippen LogP contribution in [-0.2, 0) is 12.8 Å². The molecule has 3 rings (SSSR count). The van der Waals surface area contributed by atoms with E-state index in [1.807, 2.05) is 0 Å². The van der Waals surface area contributed by atoms with Crippen molar-refractivity contribution in [1.29, 1.82) is 0 Å². The molecule has 0 saturated heterocycles. The van der Waals surface area contributed by atoms with E-state index in [0.717, 1.165) is 12.3 Å². The summed E-state index contributed by atoms with van der Waals surface area (Å²) in [6.45, 7) is 0. The molecule has 15 heavy (non-hydrogen) atoms. The van der Waals surface area contributed by atoms with Gasteiger partial charge in [-0.05, 0) is 50.2 Å². The van der Waals surface area contributed by atoms with Crippen molar-refractivity contribution in [3.8, 4) is 0 Å². The maximum atomic E-state index is 4.43. The molecule has 1 aromatic heterocycles. The Morgan fingerprint density at radius 2 is 1.73 bits per heavy atom. The number of fused-ring (bicyclic) bond motifs is 1. The molecule has 2 nitrogen and oxygen atoms in total. The van der Waals surface area contributed by atoms with Gasteiger partial charge in [-0.3, -0.25) is 0 Å². The van der Waals surface area contributed by atoms with Gasteiger partial charge in [-0.1, -0.05) is 12.8 Å². The quantitative estimate of drug-likeness (QED) is 0.699. The summed E-state index contributed by atoms with van der Waals surface area (Å²) in [5, 5.41) is 8.81. The van der Waals surface area contributed by atoms with Crippen LogP contribution in [0.15, 0.2) is 6.07 Å². The minimum atomic E-state index is 0.744. The van der Waals surface area contributed by atoms with Crippen LogP contribution in [0.5, 0.6) is 0 Å². The third kappa shape index (κ3) is 2.04. The normalized spacial score (nSPS) is 21.6. The summed E-state index contributed by atoms with van der Waals surface area (Å²) in [4.78, 5) is 0. The first-order valence-electron chi connectivity index (χ1n) is 6.29. The molecule has 0 atom stereocenters. The van der Waals surface area contributed by atoms with Crippen molar-refractivity contribution in [3.05, 3.63) is 23.0 Å². The van der Waals surface area contributed by atoms with Crippen LogP contribution in [0.3, 0.4) is 0 Å². The first kappa shape index (κ1) is 9.32. The van der Waals surface area contributed by atoms with Crippen LogP contribution in [0.25, 0.3) is 0 Å². The topological polar surface area (TPSA) is 25.8 Å². The minimum Gasteiger partial charge on any atom is -0.155 e. The van der Waals surface area contributed by atoms with Gasteiger partial charge in [0.15, 0.2) is 0 Å². The largest absolute Gasteiger partial charge is 0.155 e. The average Bonchev–Trinajstić information content (AvgIpc) is 3.02. The lowest BCUT2D eigenvalue weighted by molar-refractivity contribution is 0.600. The molecule has 0 N–H and O–H groups in total. The van der Waals surface area contributed by atoms with E-state index in [2.05, 4.69) is 16.3 Å². The van der Waals surface area contributed by atoms with Crippen LogP contribution in [0, 0.1) is 0 Å². The highest BCUT2D eigenvalue weighted by Crippen LogP contribution is 2.39. The van der Waals surface area contributed by atoms with E-state index in [-0.39, 0.29) is 0 Å². The molecule has 1 saturated carbocycles. The minimum absolute atomic E-state index is 0.744. The highest BCUT2D eigenvalue weighted by atomic mass is 15.1. The van der Waals surface area contributed by atoms with Gasteiger partial charge in [0.25, 0.3) is 0 Å². The molecular weight excluding hydrogens is 184 g/mol. The van der Waals surface area contributed by atoms with Gasteiger partial charge < -0.3 is 0 Å². The lowest BCUT2D eigenvalue weighted by Crippen LogP contribution is -2.06. The Morgan fingerprint density at radius 3 is 2.53 bits per heavy atom. The van der Waals surface area contributed by atoms with Crippen molar-refractivity contribution in [1.82, 2.24) is 10.2 Å². The number of nitrogens with zero attached hydrogens (tertiary/aromatic N) is 2. The molecule has 0 spiro atoms. The molecule has 80 valence electrons. The highest BCUT2D eigenvalue weighted by molar-refractivity contribution is 5.25. The number of aromatic nitrogens is 2. The van der Waals surface area contributed by atoms with Crippen molar-refractivity contribution in [2.75, 3.05) is 0 Å². The maximum Gasteiger partial charge on any atom is 0.0664 e. The van der Waals surface area contributed by atoms with Crippen molar-refractivity contribution in [2.45, 2.75) is 57.3 Å². The lowest BCUT2D eigenvalue weighted by atomic mass is 9.97. The predicted molar refractivity (Wildman–Crippen MR) is 59.9 cm³/mol. The number of aryl methyl sites for hydroxylation is 2. The zero-order chi connectivity index (χ0) is 10.1. The maximum absolute atomic E-state index is 4.43. The average molecular weight is 202 g/mol. The molecule has 1 aromatic rings. The van der Waals surface area contributed by atoms with E-state index in [1.165, 1.54) is 61.9 Å². The van der Waals surface area contributed by atoms with Gasteiger partial charge in [-0.2, -0.15) is 10.2 Å². The van der Waals surface area contributed by atoms with Gasteiger partial charge in [0.05, 0.1) is 11.4 Å². The van der Waals surface area contributed by atoms with E-state index in [4.69, 9.17) is 0 Å². The van der Waals surface area contributed by atoms with Gasteiger partial charge in [-0.25, -0.2) is 0 Å². The van der Waals surface area contributed by atoms with Crippen molar-refractivity contribution in [3.63, 3.8) is 0 Å². The van der Waals surface area contributed by atoms with Gasteiger partial charge in [-0.15, -0.1) is 0 Å². The Kier molecular flexibility index (Phi) is 2.43. The van der Waals surface area contributed by atoms with Crippen LogP contribution in [0.2, 0.25) is 0 Å². The first-order chi connectivity index (χ1) is 7.43.